The number of benzene rings is 2. The number of ketones is 1. The lowest BCUT2D eigenvalue weighted by Gasteiger charge is -2.16. The molecule has 2 aromatic carbocycles. The fourth-order valence-electron chi connectivity index (χ4n) is 2.87. The average Bonchev–Trinajstić information content (AvgIpc) is 2.66. The summed E-state index contributed by atoms with van der Waals surface area (Å²) in [6.45, 7) is 1.76. The average molecular weight is 370 g/mol. The van der Waals surface area contributed by atoms with E-state index in [2.05, 4.69) is 0 Å². The molecule has 0 aliphatic carbocycles. The fourth-order valence-corrected chi connectivity index (χ4v) is 2.87. The first-order chi connectivity index (χ1) is 12.8. The van der Waals surface area contributed by atoms with E-state index < -0.39 is 0 Å². The number of anilines is 2. The van der Waals surface area contributed by atoms with Crippen molar-refractivity contribution in [1.29, 1.82) is 0 Å². The number of Topliss-reactive ketones (excluding diaryl/α,β-unsaturated/α-hetero) is 1. The van der Waals surface area contributed by atoms with Crippen LogP contribution >= 0.6 is 0 Å². The van der Waals surface area contributed by atoms with Crippen molar-refractivity contribution < 1.29 is 19.0 Å². The van der Waals surface area contributed by atoms with Crippen molar-refractivity contribution in [2.45, 2.75) is 6.92 Å². The number of nitrogen functional groups attached to an aromatic ring is 1. The van der Waals surface area contributed by atoms with Gasteiger partial charge in [0.25, 0.3) is 0 Å². The highest BCUT2D eigenvalue weighted by Crippen LogP contribution is 2.40. The fraction of sp³-hybridized carbons (Fsp3) is 0.286. The van der Waals surface area contributed by atoms with Crippen LogP contribution in [-0.4, -0.2) is 41.2 Å². The zero-order chi connectivity index (χ0) is 20.1. The normalized spacial score (nSPS) is 11.1. The third kappa shape index (κ3) is 4.16. The van der Waals surface area contributed by atoms with E-state index in [-0.39, 0.29) is 5.78 Å². The maximum Gasteiger partial charge on any atom is 0.203 e. The van der Waals surface area contributed by atoms with Crippen molar-refractivity contribution >= 4 is 23.2 Å². The van der Waals surface area contributed by atoms with Gasteiger partial charge in [0.2, 0.25) is 5.75 Å². The molecule has 27 heavy (non-hydrogen) atoms. The maximum absolute atomic E-state index is 12.8. The number of ether oxygens (including phenoxy) is 3. The highest BCUT2D eigenvalue weighted by Gasteiger charge is 2.16. The van der Waals surface area contributed by atoms with Crippen molar-refractivity contribution in [2.24, 2.45) is 0 Å². The minimum absolute atomic E-state index is 0.108. The van der Waals surface area contributed by atoms with E-state index >= 15 is 0 Å². The molecule has 0 aromatic heterocycles. The zero-order valence-corrected chi connectivity index (χ0v) is 16.6. The Morgan fingerprint density at radius 2 is 1.67 bits per heavy atom. The Labute approximate surface area is 160 Å². The SMILES string of the molecule is COc1ccc(C=C(C)C(=O)c2ccc(N(C)C)c(N)c2)c(OC)c1OC. The second kappa shape index (κ2) is 8.49. The number of carbonyl (C=O) groups is 1. The van der Waals surface area contributed by atoms with E-state index in [0.29, 0.717) is 34.1 Å². The van der Waals surface area contributed by atoms with Crippen LogP contribution in [0, 0.1) is 0 Å². The number of rotatable bonds is 7. The molecule has 0 radical (unpaired) electrons. The molecule has 0 atom stereocenters. The maximum atomic E-state index is 12.8. The smallest absolute Gasteiger partial charge is 0.203 e. The predicted octanol–water partition coefficient (Wildman–Crippen LogP) is 3.65. The molecule has 2 aromatic rings. The van der Waals surface area contributed by atoms with Crippen molar-refractivity contribution in [3.05, 3.63) is 47.0 Å². The molecule has 2 N–H and O–H groups in total. The Morgan fingerprint density at radius 1 is 1.00 bits per heavy atom. The summed E-state index contributed by atoms with van der Waals surface area (Å²) in [6, 6.07) is 8.90. The van der Waals surface area contributed by atoms with Crippen LogP contribution in [0.2, 0.25) is 0 Å². The molecular weight excluding hydrogens is 344 g/mol. The minimum atomic E-state index is -0.108. The largest absolute Gasteiger partial charge is 0.493 e. The van der Waals surface area contributed by atoms with E-state index in [1.54, 1.807) is 52.5 Å². The molecule has 2 rings (SSSR count). The third-order valence-electron chi connectivity index (χ3n) is 4.24. The van der Waals surface area contributed by atoms with Gasteiger partial charge in [0.05, 0.1) is 32.7 Å². The van der Waals surface area contributed by atoms with Gasteiger partial charge < -0.3 is 24.8 Å². The van der Waals surface area contributed by atoms with Gasteiger partial charge in [-0.1, -0.05) is 0 Å². The number of hydrogen-bond donors (Lipinski definition) is 1. The molecule has 0 spiro atoms. The summed E-state index contributed by atoms with van der Waals surface area (Å²) < 4.78 is 16.2. The summed E-state index contributed by atoms with van der Waals surface area (Å²) in [5.74, 6) is 1.44. The van der Waals surface area contributed by atoms with Gasteiger partial charge in [-0.25, -0.2) is 0 Å². The molecule has 0 unspecified atom stereocenters. The molecule has 144 valence electrons. The Bertz CT molecular complexity index is 873. The van der Waals surface area contributed by atoms with E-state index in [1.807, 2.05) is 31.1 Å². The van der Waals surface area contributed by atoms with Gasteiger partial charge in [-0.05, 0) is 48.9 Å². The van der Waals surface area contributed by atoms with E-state index in [0.717, 1.165) is 11.3 Å². The molecule has 6 nitrogen and oxygen atoms in total. The van der Waals surface area contributed by atoms with Gasteiger partial charge >= 0.3 is 0 Å². The van der Waals surface area contributed by atoms with Crippen LogP contribution in [0.15, 0.2) is 35.9 Å². The number of nitrogens with zero attached hydrogens (tertiary/aromatic N) is 1. The zero-order valence-electron chi connectivity index (χ0n) is 16.6. The topological polar surface area (TPSA) is 74.0 Å². The highest BCUT2D eigenvalue weighted by atomic mass is 16.5. The van der Waals surface area contributed by atoms with Crippen molar-refractivity contribution in [1.82, 2.24) is 0 Å². The molecule has 0 aliphatic rings. The lowest BCUT2D eigenvalue weighted by atomic mass is 10.0. The highest BCUT2D eigenvalue weighted by molar-refractivity contribution is 6.11. The molecule has 0 heterocycles. The van der Waals surface area contributed by atoms with Gasteiger partial charge in [-0.15, -0.1) is 0 Å². The summed E-state index contributed by atoms with van der Waals surface area (Å²) in [4.78, 5) is 14.7. The Hall–Kier alpha value is -3.15. The first kappa shape index (κ1) is 20.2. The van der Waals surface area contributed by atoms with E-state index in [1.165, 1.54) is 0 Å². The Kier molecular flexibility index (Phi) is 6.34. The van der Waals surface area contributed by atoms with Gasteiger partial charge in [-0.3, -0.25) is 4.79 Å². The Morgan fingerprint density at radius 3 is 2.19 bits per heavy atom. The number of hydrogen-bond acceptors (Lipinski definition) is 6. The predicted molar refractivity (Wildman–Crippen MR) is 109 cm³/mol. The van der Waals surface area contributed by atoms with Crippen molar-refractivity contribution in [3.63, 3.8) is 0 Å². The second-order valence-corrected chi connectivity index (χ2v) is 6.25. The molecular formula is C21H26N2O4. The lowest BCUT2D eigenvalue weighted by Crippen LogP contribution is -2.12. The summed E-state index contributed by atoms with van der Waals surface area (Å²) in [5.41, 5.74) is 9.30. The number of carbonyl (C=O) groups excluding carboxylic acids is 1. The molecule has 0 amide bonds. The number of methoxy groups -OCH3 is 3. The van der Waals surface area contributed by atoms with Crippen LogP contribution in [0.25, 0.3) is 6.08 Å². The molecule has 0 bridgehead atoms. The van der Waals surface area contributed by atoms with E-state index in [9.17, 15) is 4.79 Å². The molecule has 0 fully saturated rings. The van der Waals surface area contributed by atoms with Crippen LogP contribution in [-0.2, 0) is 0 Å². The van der Waals surface area contributed by atoms with Gasteiger partial charge in [0.1, 0.15) is 0 Å². The minimum Gasteiger partial charge on any atom is -0.493 e. The van der Waals surface area contributed by atoms with Crippen LogP contribution in [0.1, 0.15) is 22.8 Å². The van der Waals surface area contributed by atoms with Crippen LogP contribution < -0.4 is 24.8 Å². The van der Waals surface area contributed by atoms with Gasteiger partial charge in [0, 0.05) is 25.2 Å². The van der Waals surface area contributed by atoms with Crippen molar-refractivity contribution in [2.75, 3.05) is 46.1 Å². The van der Waals surface area contributed by atoms with Crippen molar-refractivity contribution in [3.8, 4) is 17.2 Å². The van der Waals surface area contributed by atoms with Gasteiger partial charge in [-0.2, -0.15) is 0 Å². The van der Waals surface area contributed by atoms with Crippen LogP contribution in [0.4, 0.5) is 11.4 Å². The van der Waals surface area contributed by atoms with Crippen LogP contribution in [0.5, 0.6) is 17.2 Å². The molecule has 0 saturated heterocycles. The van der Waals surface area contributed by atoms with E-state index in [4.69, 9.17) is 19.9 Å². The summed E-state index contributed by atoms with van der Waals surface area (Å²) >= 11 is 0. The standard InChI is InChI=1S/C21H26N2O4/c1-13(19(24)14-7-9-17(23(2)3)16(22)12-14)11-15-8-10-18(25-4)21(27-6)20(15)26-5/h7-12H,22H2,1-6H3. The second-order valence-electron chi connectivity index (χ2n) is 6.25. The van der Waals surface area contributed by atoms with Crippen LogP contribution in [0.3, 0.4) is 0 Å². The summed E-state index contributed by atoms with van der Waals surface area (Å²) in [5, 5.41) is 0. The Balaban J connectivity index is 2.42. The molecule has 0 saturated carbocycles. The molecule has 6 heteroatoms. The lowest BCUT2D eigenvalue weighted by molar-refractivity contribution is 0.103. The summed E-state index contributed by atoms with van der Waals surface area (Å²) in [7, 11) is 8.46. The molecule has 0 aliphatic heterocycles. The first-order valence-electron chi connectivity index (χ1n) is 8.42. The summed E-state index contributed by atoms with van der Waals surface area (Å²) in [6.07, 6.45) is 1.76. The third-order valence-corrected chi connectivity index (χ3v) is 4.24. The quantitative estimate of drug-likeness (QED) is 0.456. The monoisotopic (exact) mass is 370 g/mol. The number of nitrogens with two attached hydrogens (primary N) is 1. The van der Waals surface area contributed by atoms with Gasteiger partial charge in [0.15, 0.2) is 17.3 Å². The number of allylic oxidation sites excluding steroid dienone is 1. The first-order valence-corrected chi connectivity index (χ1v) is 8.42.